The molecule has 0 fully saturated rings. The standard InChI is InChI=1S/C14H19NO3/c1-4-15-14(13(16)18-3)8-7-10-5-6-11(17-2)9-12(10)14/h5-6,9,15H,4,7-8H2,1-3H3. The third kappa shape index (κ3) is 1.86. The Labute approximate surface area is 107 Å². The van der Waals surface area contributed by atoms with E-state index in [9.17, 15) is 4.79 Å². The highest BCUT2D eigenvalue weighted by atomic mass is 16.5. The molecule has 1 aromatic rings. The molecule has 1 N–H and O–H groups in total. The van der Waals surface area contributed by atoms with Crippen LogP contribution in [0.2, 0.25) is 0 Å². The van der Waals surface area contributed by atoms with E-state index < -0.39 is 5.54 Å². The van der Waals surface area contributed by atoms with Gasteiger partial charge in [-0.1, -0.05) is 13.0 Å². The fraction of sp³-hybridized carbons (Fsp3) is 0.500. The topological polar surface area (TPSA) is 47.6 Å². The molecule has 1 aromatic carbocycles. The minimum absolute atomic E-state index is 0.226. The summed E-state index contributed by atoms with van der Waals surface area (Å²) in [4.78, 5) is 12.2. The lowest BCUT2D eigenvalue weighted by Gasteiger charge is -2.28. The van der Waals surface area contributed by atoms with Crippen LogP contribution in [0.15, 0.2) is 18.2 Å². The Morgan fingerprint density at radius 2 is 2.22 bits per heavy atom. The Morgan fingerprint density at radius 1 is 1.44 bits per heavy atom. The number of hydrogen-bond donors (Lipinski definition) is 1. The number of methoxy groups -OCH3 is 2. The molecule has 0 aliphatic heterocycles. The van der Waals surface area contributed by atoms with Gasteiger partial charge in [0.15, 0.2) is 0 Å². The van der Waals surface area contributed by atoms with Crippen LogP contribution < -0.4 is 10.1 Å². The van der Waals surface area contributed by atoms with Gasteiger partial charge >= 0.3 is 5.97 Å². The first-order valence-corrected chi connectivity index (χ1v) is 6.18. The van der Waals surface area contributed by atoms with Gasteiger partial charge in [-0.05, 0) is 42.6 Å². The molecule has 1 aliphatic rings. The van der Waals surface area contributed by atoms with Gasteiger partial charge in [0.25, 0.3) is 0 Å². The number of carbonyl (C=O) groups is 1. The summed E-state index contributed by atoms with van der Waals surface area (Å²) < 4.78 is 10.2. The second-order valence-corrected chi connectivity index (χ2v) is 4.45. The lowest BCUT2D eigenvalue weighted by atomic mass is 9.91. The van der Waals surface area contributed by atoms with E-state index in [0.29, 0.717) is 6.54 Å². The number of likely N-dealkylation sites (N-methyl/N-ethyl adjacent to an activating group) is 1. The van der Waals surface area contributed by atoms with Crippen LogP contribution >= 0.6 is 0 Å². The molecule has 18 heavy (non-hydrogen) atoms. The second-order valence-electron chi connectivity index (χ2n) is 4.45. The zero-order chi connectivity index (χ0) is 13.2. The Kier molecular flexibility index (Phi) is 3.57. The summed E-state index contributed by atoms with van der Waals surface area (Å²) in [6.07, 6.45) is 1.61. The van der Waals surface area contributed by atoms with Gasteiger partial charge in [0, 0.05) is 0 Å². The highest BCUT2D eigenvalue weighted by Gasteiger charge is 2.45. The van der Waals surface area contributed by atoms with E-state index in [2.05, 4.69) is 5.32 Å². The maximum Gasteiger partial charge on any atom is 0.330 e. The van der Waals surface area contributed by atoms with Crippen molar-refractivity contribution in [3.63, 3.8) is 0 Å². The van der Waals surface area contributed by atoms with Crippen molar-refractivity contribution >= 4 is 5.97 Å². The first kappa shape index (κ1) is 12.9. The van der Waals surface area contributed by atoms with Crippen molar-refractivity contribution in [2.45, 2.75) is 25.3 Å². The van der Waals surface area contributed by atoms with Crippen molar-refractivity contribution in [3.05, 3.63) is 29.3 Å². The van der Waals surface area contributed by atoms with Crippen LogP contribution in [0.25, 0.3) is 0 Å². The van der Waals surface area contributed by atoms with Gasteiger partial charge < -0.3 is 9.47 Å². The fourth-order valence-corrected chi connectivity index (χ4v) is 2.70. The number of benzene rings is 1. The molecular formula is C14H19NO3. The molecular weight excluding hydrogens is 230 g/mol. The van der Waals surface area contributed by atoms with Crippen LogP contribution in [0.1, 0.15) is 24.5 Å². The first-order chi connectivity index (χ1) is 8.67. The van der Waals surface area contributed by atoms with Gasteiger partial charge in [-0.3, -0.25) is 5.32 Å². The van der Waals surface area contributed by atoms with E-state index in [0.717, 1.165) is 24.2 Å². The molecule has 0 aromatic heterocycles. The van der Waals surface area contributed by atoms with E-state index in [1.165, 1.54) is 12.7 Å². The molecule has 0 heterocycles. The smallest absolute Gasteiger partial charge is 0.330 e. The molecule has 1 unspecified atom stereocenters. The molecule has 4 nitrogen and oxygen atoms in total. The van der Waals surface area contributed by atoms with Crippen molar-refractivity contribution in [1.29, 1.82) is 0 Å². The Balaban J connectivity index is 2.50. The lowest BCUT2D eigenvalue weighted by Crippen LogP contribution is -2.48. The van der Waals surface area contributed by atoms with Gasteiger partial charge in [0.2, 0.25) is 0 Å². The quantitative estimate of drug-likeness (QED) is 0.824. The van der Waals surface area contributed by atoms with Crippen LogP contribution in [0.4, 0.5) is 0 Å². The maximum absolute atomic E-state index is 12.2. The van der Waals surface area contributed by atoms with Crippen LogP contribution in [0.3, 0.4) is 0 Å². The molecule has 4 heteroatoms. The molecule has 0 bridgehead atoms. The molecule has 0 spiro atoms. The van der Waals surface area contributed by atoms with Crippen molar-refractivity contribution in [1.82, 2.24) is 5.32 Å². The highest BCUT2D eigenvalue weighted by Crippen LogP contribution is 2.39. The molecule has 1 aliphatic carbocycles. The monoisotopic (exact) mass is 249 g/mol. The summed E-state index contributed by atoms with van der Waals surface area (Å²) in [5.74, 6) is 0.540. The van der Waals surface area contributed by atoms with E-state index in [1.54, 1.807) is 7.11 Å². The zero-order valence-corrected chi connectivity index (χ0v) is 11.1. The number of esters is 1. The van der Waals surface area contributed by atoms with E-state index in [4.69, 9.17) is 9.47 Å². The van der Waals surface area contributed by atoms with Crippen LogP contribution in [-0.2, 0) is 21.5 Å². The largest absolute Gasteiger partial charge is 0.497 e. The van der Waals surface area contributed by atoms with E-state index >= 15 is 0 Å². The van der Waals surface area contributed by atoms with Gasteiger partial charge in [0.05, 0.1) is 14.2 Å². The van der Waals surface area contributed by atoms with Crippen LogP contribution in [0, 0.1) is 0 Å². The Bertz CT molecular complexity index is 454. The van der Waals surface area contributed by atoms with Crippen LogP contribution in [-0.4, -0.2) is 26.7 Å². The van der Waals surface area contributed by atoms with E-state index in [1.807, 2.05) is 25.1 Å². The predicted molar refractivity (Wildman–Crippen MR) is 68.7 cm³/mol. The Morgan fingerprint density at radius 3 is 2.83 bits per heavy atom. The number of fused-ring (bicyclic) bond motifs is 1. The number of carbonyl (C=O) groups excluding carboxylic acids is 1. The summed E-state index contributed by atoms with van der Waals surface area (Å²) in [5, 5.41) is 3.29. The SMILES string of the molecule is CCNC1(C(=O)OC)CCc2ccc(OC)cc21. The highest BCUT2D eigenvalue weighted by molar-refractivity contribution is 5.84. The zero-order valence-electron chi connectivity index (χ0n) is 11.1. The van der Waals surface area contributed by atoms with Crippen molar-refractivity contribution in [3.8, 4) is 5.75 Å². The number of nitrogens with one attached hydrogen (secondary N) is 1. The van der Waals surface area contributed by atoms with E-state index in [-0.39, 0.29) is 5.97 Å². The fourth-order valence-electron chi connectivity index (χ4n) is 2.70. The average Bonchev–Trinajstić information content (AvgIpc) is 2.77. The van der Waals surface area contributed by atoms with Gasteiger partial charge in [-0.15, -0.1) is 0 Å². The third-order valence-corrected chi connectivity index (χ3v) is 3.56. The molecule has 0 saturated heterocycles. The molecule has 0 saturated carbocycles. The summed E-state index contributed by atoms with van der Waals surface area (Å²) in [7, 11) is 3.06. The first-order valence-electron chi connectivity index (χ1n) is 6.18. The average molecular weight is 249 g/mol. The minimum atomic E-state index is -0.715. The summed E-state index contributed by atoms with van der Waals surface area (Å²) in [5.41, 5.74) is 1.45. The summed E-state index contributed by atoms with van der Waals surface area (Å²) >= 11 is 0. The van der Waals surface area contributed by atoms with Gasteiger partial charge in [-0.2, -0.15) is 0 Å². The number of aryl methyl sites for hydroxylation is 1. The number of rotatable bonds is 4. The third-order valence-electron chi connectivity index (χ3n) is 3.56. The Hall–Kier alpha value is -1.55. The van der Waals surface area contributed by atoms with Crippen molar-refractivity contribution in [2.75, 3.05) is 20.8 Å². The lowest BCUT2D eigenvalue weighted by molar-refractivity contribution is -0.149. The van der Waals surface area contributed by atoms with Crippen molar-refractivity contribution in [2.24, 2.45) is 0 Å². The minimum Gasteiger partial charge on any atom is -0.497 e. The molecule has 0 radical (unpaired) electrons. The second kappa shape index (κ2) is 4.98. The van der Waals surface area contributed by atoms with Crippen molar-refractivity contribution < 1.29 is 14.3 Å². The van der Waals surface area contributed by atoms with Gasteiger partial charge in [-0.25, -0.2) is 4.79 Å². The normalized spacial score (nSPS) is 21.5. The molecule has 0 amide bonds. The van der Waals surface area contributed by atoms with Crippen LogP contribution in [0.5, 0.6) is 5.75 Å². The summed E-state index contributed by atoms with van der Waals surface area (Å²) in [6, 6.07) is 5.89. The number of hydrogen-bond acceptors (Lipinski definition) is 4. The van der Waals surface area contributed by atoms with Gasteiger partial charge in [0.1, 0.15) is 11.3 Å². The maximum atomic E-state index is 12.2. The molecule has 1 atom stereocenters. The molecule has 98 valence electrons. The molecule has 2 rings (SSSR count). The predicted octanol–water partition coefficient (Wildman–Crippen LogP) is 1.62. The number of ether oxygens (including phenoxy) is 2. The summed E-state index contributed by atoms with van der Waals surface area (Å²) in [6.45, 7) is 2.70.